The number of aryl methyl sites for hydroxylation is 2. The molecule has 21 heavy (non-hydrogen) atoms. The van der Waals surface area contributed by atoms with Gasteiger partial charge in [-0.1, -0.05) is 0 Å². The Kier molecular flexibility index (Phi) is 3.88. The van der Waals surface area contributed by atoms with E-state index in [2.05, 4.69) is 14.9 Å². The summed E-state index contributed by atoms with van der Waals surface area (Å²) in [7, 11) is 0. The molecule has 1 spiro atoms. The Morgan fingerprint density at radius 1 is 1.29 bits per heavy atom. The Labute approximate surface area is 126 Å². The van der Waals surface area contributed by atoms with Crippen molar-refractivity contribution in [2.45, 2.75) is 52.2 Å². The number of aliphatic hydroxyl groups is 1. The summed E-state index contributed by atoms with van der Waals surface area (Å²) in [5.41, 5.74) is 1.98. The lowest BCUT2D eigenvalue weighted by atomic mass is 9.58. The van der Waals surface area contributed by atoms with Crippen LogP contribution in [0.4, 0.5) is 5.95 Å². The summed E-state index contributed by atoms with van der Waals surface area (Å²) in [4.78, 5) is 11.3. The third-order valence-corrected chi connectivity index (χ3v) is 5.06. The van der Waals surface area contributed by atoms with Crippen LogP contribution in [0.25, 0.3) is 0 Å². The zero-order valence-corrected chi connectivity index (χ0v) is 13.2. The number of anilines is 1. The fourth-order valence-corrected chi connectivity index (χ4v) is 3.79. The molecule has 2 heterocycles. The number of hydrogen-bond acceptors (Lipinski definition) is 5. The minimum Gasteiger partial charge on any atom is -0.392 e. The standard InChI is InChI=1S/C16H25N3O2/c1-4-21-14-10-13(20)16(14)5-7-19(8-6-16)15-17-11(2)9-12(3)18-15/h9,13-14,20H,4-8,10H2,1-3H3/t13-,14-/m0/s1. The Morgan fingerprint density at radius 2 is 1.90 bits per heavy atom. The summed E-state index contributed by atoms with van der Waals surface area (Å²) in [5, 5.41) is 10.2. The van der Waals surface area contributed by atoms with Gasteiger partial charge in [-0.3, -0.25) is 0 Å². The lowest BCUT2D eigenvalue weighted by Gasteiger charge is -2.56. The number of aliphatic hydroxyl groups excluding tert-OH is 1. The van der Waals surface area contributed by atoms with Gasteiger partial charge in [0.05, 0.1) is 12.2 Å². The Balaban J connectivity index is 1.70. The highest BCUT2D eigenvalue weighted by Crippen LogP contribution is 2.51. The van der Waals surface area contributed by atoms with Crippen LogP contribution in [-0.2, 0) is 4.74 Å². The average molecular weight is 291 g/mol. The van der Waals surface area contributed by atoms with Gasteiger partial charge >= 0.3 is 0 Å². The summed E-state index contributed by atoms with van der Waals surface area (Å²) < 4.78 is 5.81. The Hall–Kier alpha value is -1.20. The zero-order chi connectivity index (χ0) is 15.0. The second-order valence-corrected chi connectivity index (χ2v) is 6.37. The Bertz CT molecular complexity index is 490. The summed E-state index contributed by atoms with van der Waals surface area (Å²) in [6.07, 6.45) is 2.70. The van der Waals surface area contributed by atoms with Gasteiger partial charge in [-0.15, -0.1) is 0 Å². The van der Waals surface area contributed by atoms with Crippen LogP contribution in [-0.4, -0.2) is 47.0 Å². The van der Waals surface area contributed by atoms with Crippen LogP contribution in [0.1, 0.15) is 37.6 Å². The van der Waals surface area contributed by atoms with Gasteiger partial charge in [-0.2, -0.15) is 0 Å². The average Bonchev–Trinajstić information content (AvgIpc) is 2.46. The molecular formula is C16H25N3O2. The second kappa shape index (κ2) is 5.54. The summed E-state index contributed by atoms with van der Waals surface area (Å²) in [6, 6.07) is 2.00. The van der Waals surface area contributed by atoms with E-state index in [4.69, 9.17) is 4.74 Å². The van der Waals surface area contributed by atoms with Crippen molar-refractivity contribution in [2.75, 3.05) is 24.6 Å². The number of hydrogen-bond donors (Lipinski definition) is 1. The molecule has 1 saturated heterocycles. The molecule has 0 amide bonds. The predicted octanol–water partition coefficient (Wildman–Crippen LogP) is 1.85. The van der Waals surface area contributed by atoms with Gasteiger partial charge < -0.3 is 14.7 Å². The van der Waals surface area contributed by atoms with Crippen molar-refractivity contribution in [3.63, 3.8) is 0 Å². The summed E-state index contributed by atoms with van der Waals surface area (Å²) in [6.45, 7) is 8.54. The molecule has 1 aromatic heterocycles. The van der Waals surface area contributed by atoms with Gasteiger partial charge in [0.25, 0.3) is 0 Å². The number of rotatable bonds is 3. The molecule has 5 heteroatoms. The SMILES string of the molecule is CCO[C@H]1C[C@H](O)C12CCN(c1nc(C)cc(C)n1)CC2. The topological polar surface area (TPSA) is 58.5 Å². The number of nitrogens with zero attached hydrogens (tertiary/aromatic N) is 3. The van der Waals surface area contributed by atoms with Crippen molar-refractivity contribution >= 4 is 5.95 Å². The van der Waals surface area contributed by atoms with Gasteiger partial charge in [0.2, 0.25) is 5.95 Å². The summed E-state index contributed by atoms with van der Waals surface area (Å²) >= 11 is 0. The van der Waals surface area contributed by atoms with Crippen molar-refractivity contribution in [1.82, 2.24) is 9.97 Å². The first-order valence-corrected chi connectivity index (χ1v) is 7.92. The molecule has 1 aliphatic heterocycles. The minimum atomic E-state index is -0.212. The zero-order valence-electron chi connectivity index (χ0n) is 13.2. The van der Waals surface area contributed by atoms with Crippen molar-refractivity contribution in [1.29, 1.82) is 0 Å². The summed E-state index contributed by atoms with van der Waals surface area (Å²) in [5.74, 6) is 0.823. The molecule has 1 N–H and O–H groups in total. The normalized spacial score (nSPS) is 27.7. The highest BCUT2D eigenvalue weighted by molar-refractivity contribution is 5.33. The lowest BCUT2D eigenvalue weighted by molar-refractivity contribution is -0.199. The van der Waals surface area contributed by atoms with Crippen molar-refractivity contribution in [3.05, 3.63) is 17.5 Å². The quantitative estimate of drug-likeness (QED) is 0.921. The van der Waals surface area contributed by atoms with E-state index in [1.807, 2.05) is 26.8 Å². The fraction of sp³-hybridized carbons (Fsp3) is 0.750. The molecule has 0 unspecified atom stereocenters. The number of ether oxygens (including phenoxy) is 1. The molecule has 2 aliphatic rings. The molecule has 2 atom stereocenters. The molecule has 5 nitrogen and oxygen atoms in total. The van der Waals surface area contributed by atoms with E-state index in [0.717, 1.165) is 56.3 Å². The monoisotopic (exact) mass is 291 g/mol. The van der Waals surface area contributed by atoms with Gasteiger partial charge in [-0.05, 0) is 39.7 Å². The maximum absolute atomic E-state index is 10.2. The minimum absolute atomic E-state index is 0.0363. The van der Waals surface area contributed by atoms with Crippen LogP contribution in [0.15, 0.2) is 6.07 Å². The molecule has 3 rings (SSSR count). The van der Waals surface area contributed by atoms with Crippen molar-refractivity contribution in [3.8, 4) is 0 Å². The van der Waals surface area contributed by atoms with Crippen LogP contribution >= 0.6 is 0 Å². The van der Waals surface area contributed by atoms with E-state index in [1.165, 1.54) is 0 Å². The van der Waals surface area contributed by atoms with Crippen LogP contribution in [0.5, 0.6) is 0 Å². The fourth-order valence-electron chi connectivity index (χ4n) is 3.79. The first-order valence-electron chi connectivity index (χ1n) is 7.92. The first-order chi connectivity index (χ1) is 10.0. The molecular weight excluding hydrogens is 266 g/mol. The predicted molar refractivity (Wildman–Crippen MR) is 81.4 cm³/mol. The van der Waals surface area contributed by atoms with Gasteiger partial charge in [0, 0.05) is 42.9 Å². The van der Waals surface area contributed by atoms with Gasteiger partial charge in [0.1, 0.15) is 0 Å². The Morgan fingerprint density at radius 3 is 2.43 bits per heavy atom. The second-order valence-electron chi connectivity index (χ2n) is 6.37. The van der Waals surface area contributed by atoms with E-state index in [0.29, 0.717) is 0 Å². The van der Waals surface area contributed by atoms with Crippen LogP contribution in [0.2, 0.25) is 0 Å². The molecule has 1 aliphatic carbocycles. The first kappa shape index (κ1) is 14.7. The smallest absolute Gasteiger partial charge is 0.225 e. The van der Waals surface area contributed by atoms with Crippen molar-refractivity contribution in [2.24, 2.45) is 5.41 Å². The van der Waals surface area contributed by atoms with E-state index in [9.17, 15) is 5.11 Å². The number of piperidine rings is 1. The third-order valence-electron chi connectivity index (χ3n) is 5.06. The third kappa shape index (κ3) is 2.53. The lowest BCUT2D eigenvalue weighted by Crippen LogP contribution is -2.62. The molecule has 116 valence electrons. The molecule has 0 aromatic carbocycles. The van der Waals surface area contributed by atoms with Gasteiger partial charge in [-0.25, -0.2) is 9.97 Å². The van der Waals surface area contributed by atoms with E-state index < -0.39 is 0 Å². The van der Waals surface area contributed by atoms with Crippen LogP contribution in [0.3, 0.4) is 0 Å². The molecule has 1 aromatic rings. The molecule has 0 radical (unpaired) electrons. The highest BCUT2D eigenvalue weighted by atomic mass is 16.5. The van der Waals surface area contributed by atoms with E-state index in [-0.39, 0.29) is 17.6 Å². The maximum Gasteiger partial charge on any atom is 0.225 e. The van der Waals surface area contributed by atoms with E-state index in [1.54, 1.807) is 0 Å². The molecule has 1 saturated carbocycles. The highest BCUT2D eigenvalue weighted by Gasteiger charge is 2.56. The van der Waals surface area contributed by atoms with Gasteiger partial charge in [0.15, 0.2) is 0 Å². The molecule has 2 fully saturated rings. The maximum atomic E-state index is 10.2. The van der Waals surface area contributed by atoms with Crippen molar-refractivity contribution < 1.29 is 9.84 Å². The van der Waals surface area contributed by atoms with Crippen LogP contribution < -0.4 is 4.90 Å². The number of aromatic nitrogens is 2. The van der Waals surface area contributed by atoms with E-state index >= 15 is 0 Å². The largest absolute Gasteiger partial charge is 0.392 e. The molecule has 0 bridgehead atoms. The van der Waals surface area contributed by atoms with Crippen LogP contribution in [0, 0.1) is 19.3 Å².